The summed E-state index contributed by atoms with van der Waals surface area (Å²) >= 11 is 0. The molecule has 1 aromatic rings. The molecule has 2 atom stereocenters. The Hall–Kier alpha value is -1.69. The van der Waals surface area contributed by atoms with Crippen LogP contribution < -0.4 is 5.32 Å². The monoisotopic (exact) mass is 285 g/mol. The van der Waals surface area contributed by atoms with E-state index >= 15 is 0 Å². The summed E-state index contributed by atoms with van der Waals surface area (Å²) in [5.74, 6) is -2.61. The van der Waals surface area contributed by atoms with Crippen molar-refractivity contribution in [3.8, 4) is 0 Å². The molecule has 1 aliphatic carbocycles. The molecule has 6 heteroatoms. The third kappa shape index (κ3) is 2.35. The summed E-state index contributed by atoms with van der Waals surface area (Å²) in [6, 6.07) is 1.59. The van der Waals surface area contributed by atoms with E-state index in [9.17, 15) is 18.7 Å². The molecule has 4 nitrogen and oxygen atoms in total. The molecule has 2 N–H and O–H groups in total. The van der Waals surface area contributed by atoms with E-state index in [0.29, 0.717) is 12.5 Å². The van der Waals surface area contributed by atoms with E-state index in [0.717, 1.165) is 13.2 Å². The summed E-state index contributed by atoms with van der Waals surface area (Å²) in [5.41, 5.74) is -0.711. The van der Waals surface area contributed by atoms with Crippen molar-refractivity contribution >= 4 is 11.7 Å². The Labute approximate surface area is 115 Å². The van der Waals surface area contributed by atoms with Crippen LogP contribution in [0.2, 0.25) is 0 Å². The van der Waals surface area contributed by atoms with Gasteiger partial charge in [-0.2, -0.15) is 0 Å². The molecule has 20 heavy (non-hydrogen) atoms. The second-order valence-corrected chi connectivity index (χ2v) is 5.57. The lowest BCUT2D eigenvalue weighted by Gasteiger charge is -2.49. The van der Waals surface area contributed by atoms with E-state index in [4.69, 9.17) is 0 Å². The van der Waals surface area contributed by atoms with Crippen LogP contribution in [0.1, 0.15) is 30.6 Å². The number of aliphatic hydroxyl groups excluding tert-OH is 1. The van der Waals surface area contributed by atoms with Crippen molar-refractivity contribution in [2.75, 3.05) is 12.4 Å². The number of esters is 1. The zero-order chi connectivity index (χ0) is 15.1. The summed E-state index contributed by atoms with van der Waals surface area (Å²) in [7, 11) is 1.13. The van der Waals surface area contributed by atoms with Crippen LogP contribution in [-0.4, -0.2) is 30.3 Å². The van der Waals surface area contributed by atoms with Crippen molar-refractivity contribution < 1.29 is 23.4 Å². The molecule has 0 bridgehead atoms. The lowest BCUT2D eigenvalue weighted by Crippen LogP contribution is -2.57. The van der Waals surface area contributed by atoms with Gasteiger partial charge in [0.1, 0.15) is 11.6 Å². The minimum Gasteiger partial charge on any atom is -0.465 e. The molecule has 1 saturated carbocycles. The molecule has 1 aliphatic rings. The van der Waals surface area contributed by atoms with E-state index in [1.807, 2.05) is 13.8 Å². The Morgan fingerprint density at radius 1 is 1.40 bits per heavy atom. The first-order valence-electron chi connectivity index (χ1n) is 6.29. The number of hydrogen-bond donors (Lipinski definition) is 2. The van der Waals surface area contributed by atoms with Crippen molar-refractivity contribution in [1.82, 2.24) is 0 Å². The Morgan fingerprint density at radius 2 is 2.05 bits per heavy atom. The zero-order valence-electron chi connectivity index (χ0n) is 11.5. The number of rotatable bonds is 3. The number of carbonyl (C=O) groups is 1. The van der Waals surface area contributed by atoms with Gasteiger partial charge in [0.05, 0.1) is 24.5 Å². The summed E-state index contributed by atoms with van der Waals surface area (Å²) in [6.45, 7) is 3.70. The number of ether oxygens (including phenoxy) is 1. The molecule has 0 saturated heterocycles. The number of aliphatic hydroxyl groups is 1. The Morgan fingerprint density at radius 3 is 2.55 bits per heavy atom. The van der Waals surface area contributed by atoms with Gasteiger partial charge in [0.25, 0.3) is 0 Å². The summed E-state index contributed by atoms with van der Waals surface area (Å²) in [4.78, 5) is 11.4. The number of anilines is 1. The number of methoxy groups -OCH3 is 1. The van der Waals surface area contributed by atoms with Crippen LogP contribution in [0.5, 0.6) is 0 Å². The van der Waals surface area contributed by atoms with Crippen LogP contribution >= 0.6 is 0 Å². The molecule has 0 heterocycles. The molecule has 1 aromatic carbocycles. The first-order chi connectivity index (χ1) is 9.27. The standard InChI is InChI=1S/C14H17F2NO3/c1-14(2)11(6-12(14)18)17-10-4-7(13(19)20-3)8(15)5-9(10)16/h4-5,11-12,17-18H,6H2,1-3H3. The van der Waals surface area contributed by atoms with E-state index in [2.05, 4.69) is 10.1 Å². The molecule has 0 radical (unpaired) electrons. The topological polar surface area (TPSA) is 58.6 Å². The largest absolute Gasteiger partial charge is 0.465 e. The summed E-state index contributed by atoms with van der Waals surface area (Å²) in [6.07, 6.45) is 0.000716. The highest BCUT2D eigenvalue weighted by atomic mass is 19.1. The third-order valence-electron chi connectivity index (χ3n) is 4.01. The van der Waals surface area contributed by atoms with E-state index in [1.54, 1.807) is 0 Å². The molecule has 0 aromatic heterocycles. The van der Waals surface area contributed by atoms with Gasteiger partial charge >= 0.3 is 5.97 Å². The predicted molar refractivity (Wildman–Crippen MR) is 69.5 cm³/mol. The molecule has 0 amide bonds. The van der Waals surface area contributed by atoms with Crippen LogP contribution in [0.25, 0.3) is 0 Å². The van der Waals surface area contributed by atoms with Gasteiger partial charge in [0.2, 0.25) is 0 Å². The lowest BCUT2D eigenvalue weighted by atomic mass is 9.64. The van der Waals surface area contributed by atoms with Gasteiger partial charge in [-0.25, -0.2) is 13.6 Å². The minimum absolute atomic E-state index is 0.0248. The second-order valence-electron chi connectivity index (χ2n) is 5.57. The first-order valence-corrected chi connectivity index (χ1v) is 6.29. The highest BCUT2D eigenvalue weighted by Crippen LogP contribution is 2.42. The maximum Gasteiger partial charge on any atom is 0.340 e. The van der Waals surface area contributed by atoms with Crippen molar-refractivity contribution in [2.24, 2.45) is 5.41 Å². The fourth-order valence-corrected chi connectivity index (χ4v) is 2.26. The zero-order valence-corrected chi connectivity index (χ0v) is 11.5. The Bertz CT molecular complexity index is 545. The van der Waals surface area contributed by atoms with Gasteiger partial charge < -0.3 is 15.2 Å². The van der Waals surface area contributed by atoms with Crippen molar-refractivity contribution in [3.63, 3.8) is 0 Å². The maximum absolute atomic E-state index is 13.8. The third-order valence-corrected chi connectivity index (χ3v) is 4.01. The van der Waals surface area contributed by atoms with Gasteiger partial charge in [0.15, 0.2) is 0 Å². The molecule has 2 unspecified atom stereocenters. The number of nitrogens with one attached hydrogen (secondary N) is 1. The van der Waals surface area contributed by atoms with Crippen LogP contribution in [-0.2, 0) is 4.74 Å². The quantitative estimate of drug-likeness (QED) is 0.837. The highest BCUT2D eigenvalue weighted by Gasteiger charge is 2.47. The van der Waals surface area contributed by atoms with Crippen LogP contribution in [0.4, 0.5) is 14.5 Å². The highest BCUT2D eigenvalue weighted by molar-refractivity contribution is 5.90. The van der Waals surface area contributed by atoms with Crippen molar-refractivity contribution in [3.05, 3.63) is 29.3 Å². The molecular weight excluding hydrogens is 268 g/mol. The van der Waals surface area contributed by atoms with E-state index in [1.165, 1.54) is 0 Å². The fraction of sp³-hybridized carbons (Fsp3) is 0.500. The van der Waals surface area contributed by atoms with Gasteiger partial charge in [0, 0.05) is 17.5 Å². The average Bonchev–Trinajstić information content (AvgIpc) is 2.40. The number of hydrogen-bond acceptors (Lipinski definition) is 4. The lowest BCUT2D eigenvalue weighted by molar-refractivity contribution is -0.0511. The SMILES string of the molecule is COC(=O)c1cc(NC2CC(O)C2(C)C)c(F)cc1F. The van der Waals surface area contributed by atoms with Gasteiger partial charge in [-0.15, -0.1) is 0 Å². The number of benzene rings is 1. The summed E-state index contributed by atoms with van der Waals surface area (Å²) < 4.78 is 31.7. The van der Waals surface area contributed by atoms with E-state index in [-0.39, 0.29) is 17.3 Å². The Kier molecular flexibility index (Phi) is 3.69. The van der Waals surface area contributed by atoms with Crippen molar-refractivity contribution in [1.29, 1.82) is 0 Å². The fourth-order valence-electron chi connectivity index (χ4n) is 2.26. The molecule has 0 aliphatic heterocycles. The van der Waals surface area contributed by atoms with Crippen LogP contribution in [0.3, 0.4) is 0 Å². The first kappa shape index (κ1) is 14.7. The molecular formula is C14H17F2NO3. The van der Waals surface area contributed by atoms with E-state index < -0.39 is 29.1 Å². The second kappa shape index (κ2) is 5.01. The van der Waals surface area contributed by atoms with Crippen LogP contribution in [0, 0.1) is 17.0 Å². The summed E-state index contributed by atoms with van der Waals surface area (Å²) in [5, 5.41) is 12.6. The van der Waals surface area contributed by atoms with Crippen LogP contribution in [0.15, 0.2) is 12.1 Å². The molecule has 0 spiro atoms. The van der Waals surface area contributed by atoms with Crippen molar-refractivity contribution in [2.45, 2.75) is 32.4 Å². The normalized spacial score (nSPS) is 23.9. The molecule has 1 fully saturated rings. The van der Waals surface area contributed by atoms with Gasteiger partial charge in [-0.05, 0) is 12.5 Å². The van der Waals surface area contributed by atoms with Gasteiger partial charge in [-0.3, -0.25) is 0 Å². The predicted octanol–water partition coefficient (Wildman–Crippen LogP) is 2.32. The number of halogens is 2. The maximum atomic E-state index is 13.8. The number of carbonyl (C=O) groups excluding carboxylic acids is 1. The molecule has 2 rings (SSSR count). The average molecular weight is 285 g/mol. The Balaban J connectivity index is 2.26. The van der Waals surface area contributed by atoms with Gasteiger partial charge in [-0.1, -0.05) is 13.8 Å². The minimum atomic E-state index is -0.965. The molecule has 110 valence electrons. The smallest absolute Gasteiger partial charge is 0.340 e.